The van der Waals surface area contributed by atoms with Crippen molar-refractivity contribution in [2.75, 3.05) is 11.9 Å². The molecule has 0 amide bonds. The van der Waals surface area contributed by atoms with Gasteiger partial charge in [0.15, 0.2) is 0 Å². The Bertz CT molecular complexity index is 620. The molecule has 0 atom stereocenters. The van der Waals surface area contributed by atoms with Crippen molar-refractivity contribution in [3.63, 3.8) is 0 Å². The summed E-state index contributed by atoms with van der Waals surface area (Å²) < 4.78 is 13.0. The number of benzene rings is 2. The van der Waals surface area contributed by atoms with Crippen LogP contribution in [-0.2, 0) is 6.42 Å². The Morgan fingerprint density at radius 1 is 1.21 bits per heavy atom. The molecule has 0 saturated heterocycles. The van der Waals surface area contributed by atoms with E-state index in [-0.39, 0.29) is 5.82 Å². The molecule has 0 aliphatic rings. The van der Waals surface area contributed by atoms with Gasteiger partial charge in [0.05, 0.1) is 10.6 Å². The predicted octanol–water partition coefficient (Wildman–Crippen LogP) is 4.01. The number of halogens is 2. The quantitative estimate of drug-likeness (QED) is 0.914. The smallest absolute Gasteiger partial charge is 0.123 e. The Labute approximate surface area is 116 Å². The van der Waals surface area contributed by atoms with Gasteiger partial charge in [-0.25, -0.2) is 4.39 Å². The van der Waals surface area contributed by atoms with Crippen molar-refractivity contribution in [3.8, 4) is 6.07 Å². The zero-order chi connectivity index (χ0) is 13.7. The molecule has 0 aromatic heterocycles. The van der Waals surface area contributed by atoms with Crippen LogP contribution in [-0.4, -0.2) is 6.54 Å². The first-order valence-corrected chi connectivity index (χ1v) is 6.25. The lowest BCUT2D eigenvalue weighted by atomic mass is 10.1. The monoisotopic (exact) mass is 274 g/mol. The fourth-order valence-corrected chi connectivity index (χ4v) is 1.98. The molecule has 0 radical (unpaired) electrons. The number of nitriles is 1. The third-order valence-corrected chi connectivity index (χ3v) is 3.03. The molecule has 0 saturated carbocycles. The summed E-state index contributed by atoms with van der Waals surface area (Å²) in [4.78, 5) is 0. The number of hydrogen-bond acceptors (Lipinski definition) is 2. The van der Waals surface area contributed by atoms with Crippen molar-refractivity contribution in [1.82, 2.24) is 0 Å². The standard InChI is InChI=1S/C15H12ClFN2/c16-15-9-14(5-4-12(15)10-18)19-7-6-11-2-1-3-13(17)8-11/h1-5,8-9,19H,6-7H2. The van der Waals surface area contributed by atoms with Crippen LogP contribution in [0.25, 0.3) is 0 Å². The highest BCUT2D eigenvalue weighted by Crippen LogP contribution is 2.20. The second-order valence-corrected chi connectivity index (χ2v) is 4.52. The molecule has 0 bridgehead atoms. The Morgan fingerprint density at radius 2 is 2.05 bits per heavy atom. The molecular formula is C15H12ClFN2. The molecule has 2 aromatic carbocycles. The van der Waals surface area contributed by atoms with E-state index >= 15 is 0 Å². The van der Waals surface area contributed by atoms with Crippen LogP contribution in [0.3, 0.4) is 0 Å². The number of rotatable bonds is 4. The predicted molar refractivity (Wildman–Crippen MR) is 74.8 cm³/mol. The van der Waals surface area contributed by atoms with Crippen LogP contribution in [0.4, 0.5) is 10.1 Å². The van der Waals surface area contributed by atoms with E-state index in [1.807, 2.05) is 12.1 Å². The van der Waals surface area contributed by atoms with E-state index in [1.165, 1.54) is 12.1 Å². The van der Waals surface area contributed by atoms with Gasteiger partial charge in [-0.1, -0.05) is 23.7 Å². The third-order valence-electron chi connectivity index (χ3n) is 2.72. The van der Waals surface area contributed by atoms with Crippen LogP contribution < -0.4 is 5.32 Å². The van der Waals surface area contributed by atoms with Gasteiger partial charge in [0.2, 0.25) is 0 Å². The molecule has 96 valence electrons. The zero-order valence-corrected chi connectivity index (χ0v) is 10.9. The lowest BCUT2D eigenvalue weighted by molar-refractivity contribution is 0.625. The first-order chi connectivity index (χ1) is 9.19. The summed E-state index contributed by atoms with van der Waals surface area (Å²) >= 11 is 5.93. The van der Waals surface area contributed by atoms with E-state index < -0.39 is 0 Å². The van der Waals surface area contributed by atoms with Gasteiger partial charge in [-0.2, -0.15) is 5.26 Å². The Morgan fingerprint density at radius 3 is 2.74 bits per heavy atom. The van der Waals surface area contributed by atoms with Crippen LogP contribution in [0.2, 0.25) is 5.02 Å². The molecule has 2 rings (SSSR count). The van der Waals surface area contributed by atoms with E-state index in [9.17, 15) is 4.39 Å². The zero-order valence-electron chi connectivity index (χ0n) is 10.2. The van der Waals surface area contributed by atoms with Gasteiger partial charge in [0.1, 0.15) is 11.9 Å². The molecule has 4 heteroatoms. The molecule has 19 heavy (non-hydrogen) atoms. The van der Waals surface area contributed by atoms with Gasteiger partial charge < -0.3 is 5.32 Å². The first-order valence-electron chi connectivity index (χ1n) is 5.87. The third kappa shape index (κ3) is 3.70. The first kappa shape index (κ1) is 13.4. The lowest BCUT2D eigenvalue weighted by Crippen LogP contribution is -2.05. The average molecular weight is 275 g/mol. The topological polar surface area (TPSA) is 35.8 Å². The number of anilines is 1. The molecule has 0 aliphatic carbocycles. The Balaban J connectivity index is 1.93. The fraction of sp³-hybridized carbons (Fsp3) is 0.133. The summed E-state index contributed by atoms with van der Waals surface area (Å²) in [6.45, 7) is 0.672. The lowest BCUT2D eigenvalue weighted by Gasteiger charge is -2.07. The Hall–Kier alpha value is -2.05. The van der Waals surface area contributed by atoms with E-state index in [0.717, 1.165) is 17.7 Å². The van der Waals surface area contributed by atoms with Crippen molar-refractivity contribution >= 4 is 17.3 Å². The minimum absolute atomic E-state index is 0.223. The van der Waals surface area contributed by atoms with Crippen molar-refractivity contribution in [1.29, 1.82) is 5.26 Å². The SMILES string of the molecule is N#Cc1ccc(NCCc2cccc(F)c2)cc1Cl. The van der Waals surface area contributed by atoms with Gasteiger partial charge in [0.25, 0.3) is 0 Å². The van der Waals surface area contributed by atoms with E-state index in [1.54, 1.807) is 24.3 Å². The molecule has 1 N–H and O–H groups in total. The van der Waals surface area contributed by atoms with Crippen LogP contribution in [0.15, 0.2) is 42.5 Å². The summed E-state index contributed by atoms with van der Waals surface area (Å²) in [5.74, 6) is -0.223. The summed E-state index contributed by atoms with van der Waals surface area (Å²) in [5.41, 5.74) is 2.24. The highest BCUT2D eigenvalue weighted by atomic mass is 35.5. The molecule has 0 heterocycles. The molecule has 2 aromatic rings. The van der Waals surface area contributed by atoms with Crippen LogP contribution in [0.5, 0.6) is 0 Å². The van der Waals surface area contributed by atoms with E-state index in [0.29, 0.717) is 17.1 Å². The van der Waals surface area contributed by atoms with Crippen molar-refractivity contribution < 1.29 is 4.39 Å². The average Bonchev–Trinajstić information content (AvgIpc) is 2.39. The minimum Gasteiger partial charge on any atom is -0.385 e. The van der Waals surface area contributed by atoms with Crippen molar-refractivity contribution in [3.05, 3.63) is 64.4 Å². The van der Waals surface area contributed by atoms with E-state index in [4.69, 9.17) is 16.9 Å². The molecule has 0 fully saturated rings. The van der Waals surface area contributed by atoms with Gasteiger partial charge in [-0.15, -0.1) is 0 Å². The minimum atomic E-state index is -0.223. The second-order valence-electron chi connectivity index (χ2n) is 4.11. The van der Waals surface area contributed by atoms with Gasteiger partial charge in [-0.05, 0) is 42.3 Å². The van der Waals surface area contributed by atoms with Gasteiger partial charge in [-0.3, -0.25) is 0 Å². The van der Waals surface area contributed by atoms with E-state index in [2.05, 4.69) is 5.32 Å². The van der Waals surface area contributed by atoms with Crippen molar-refractivity contribution in [2.45, 2.75) is 6.42 Å². The van der Waals surface area contributed by atoms with Crippen LogP contribution in [0.1, 0.15) is 11.1 Å². The maximum Gasteiger partial charge on any atom is 0.123 e. The second kappa shape index (κ2) is 6.21. The number of nitrogens with one attached hydrogen (secondary N) is 1. The summed E-state index contributed by atoms with van der Waals surface area (Å²) in [6, 6.07) is 13.7. The summed E-state index contributed by atoms with van der Waals surface area (Å²) in [7, 11) is 0. The number of hydrogen-bond donors (Lipinski definition) is 1. The molecule has 0 aliphatic heterocycles. The van der Waals surface area contributed by atoms with Gasteiger partial charge in [0, 0.05) is 12.2 Å². The summed E-state index contributed by atoms with van der Waals surface area (Å²) in [6.07, 6.45) is 0.718. The maximum absolute atomic E-state index is 13.0. The molecule has 0 spiro atoms. The molecule has 2 nitrogen and oxygen atoms in total. The normalized spacial score (nSPS) is 9.95. The highest BCUT2D eigenvalue weighted by Gasteiger charge is 2.01. The Kier molecular flexibility index (Phi) is 4.38. The summed E-state index contributed by atoms with van der Waals surface area (Å²) in [5, 5.41) is 12.4. The largest absolute Gasteiger partial charge is 0.385 e. The maximum atomic E-state index is 13.0. The molecule has 0 unspecified atom stereocenters. The van der Waals surface area contributed by atoms with Crippen LogP contribution in [0, 0.1) is 17.1 Å². The van der Waals surface area contributed by atoms with Crippen LogP contribution >= 0.6 is 11.6 Å². The number of nitrogens with zero attached hydrogens (tertiary/aromatic N) is 1. The highest BCUT2D eigenvalue weighted by molar-refractivity contribution is 6.32. The van der Waals surface area contributed by atoms with Gasteiger partial charge >= 0.3 is 0 Å². The molecular weight excluding hydrogens is 263 g/mol. The van der Waals surface area contributed by atoms with Crippen molar-refractivity contribution in [2.24, 2.45) is 0 Å². The fourth-order valence-electron chi connectivity index (χ4n) is 1.76.